The topological polar surface area (TPSA) is 100 Å². The molecular weight excluding hydrogens is 432 g/mol. The zero-order chi connectivity index (χ0) is 22.4. The first-order valence-electron chi connectivity index (χ1n) is 10.5. The highest BCUT2D eigenvalue weighted by atomic mass is 35.5. The third-order valence-electron chi connectivity index (χ3n) is 5.73. The molecule has 0 saturated carbocycles. The number of nitrogens with zero attached hydrogens (tertiary/aromatic N) is 6. The van der Waals surface area contributed by atoms with Crippen LogP contribution < -0.4 is 5.56 Å². The SMILES string of the molecule is Cc1nc(C(C)C)n2ncn(Cc3nc([C@@H]4CO[C@@H](c5ccc(Cl)cc5)C4)no3)c(=O)c12. The molecule has 9 nitrogen and oxygen atoms in total. The predicted octanol–water partition coefficient (Wildman–Crippen LogP) is 3.65. The number of aromatic nitrogens is 6. The van der Waals surface area contributed by atoms with Gasteiger partial charge in [-0.15, -0.1) is 0 Å². The third-order valence-corrected chi connectivity index (χ3v) is 5.99. The molecule has 0 bridgehead atoms. The molecule has 1 saturated heterocycles. The van der Waals surface area contributed by atoms with Crippen molar-refractivity contribution < 1.29 is 9.26 Å². The van der Waals surface area contributed by atoms with E-state index in [1.54, 1.807) is 4.52 Å². The van der Waals surface area contributed by atoms with Gasteiger partial charge in [-0.25, -0.2) is 9.50 Å². The second kappa shape index (κ2) is 8.14. The molecular formula is C22H23ClN6O3. The first-order chi connectivity index (χ1) is 15.4. The third kappa shape index (κ3) is 3.71. The molecule has 166 valence electrons. The molecule has 0 spiro atoms. The van der Waals surface area contributed by atoms with Crippen LogP contribution >= 0.6 is 11.6 Å². The Morgan fingerprint density at radius 2 is 2.00 bits per heavy atom. The smallest absolute Gasteiger partial charge is 0.280 e. The van der Waals surface area contributed by atoms with E-state index < -0.39 is 0 Å². The van der Waals surface area contributed by atoms with E-state index in [0.717, 1.165) is 17.8 Å². The summed E-state index contributed by atoms with van der Waals surface area (Å²) in [6.07, 6.45) is 2.20. The number of halogens is 1. The van der Waals surface area contributed by atoms with Gasteiger partial charge in [0, 0.05) is 16.9 Å². The normalized spacial score (nSPS) is 18.8. The number of hydrogen-bond donors (Lipinski definition) is 0. The summed E-state index contributed by atoms with van der Waals surface area (Å²) in [7, 11) is 0. The van der Waals surface area contributed by atoms with Gasteiger partial charge in [-0.05, 0) is 31.0 Å². The summed E-state index contributed by atoms with van der Waals surface area (Å²) >= 11 is 5.97. The van der Waals surface area contributed by atoms with Gasteiger partial charge in [0.15, 0.2) is 11.3 Å². The maximum Gasteiger partial charge on any atom is 0.280 e. The molecule has 1 aliphatic heterocycles. The lowest BCUT2D eigenvalue weighted by molar-refractivity contribution is 0.110. The first kappa shape index (κ1) is 20.8. The van der Waals surface area contributed by atoms with Gasteiger partial charge in [0.05, 0.1) is 18.4 Å². The molecule has 0 unspecified atom stereocenters. The fourth-order valence-corrected chi connectivity index (χ4v) is 4.18. The summed E-state index contributed by atoms with van der Waals surface area (Å²) in [5.74, 6) is 1.88. The van der Waals surface area contributed by atoms with E-state index in [1.165, 1.54) is 10.9 Å². The highest BCUT2D eigenvalue weighted by molar-refractivity contribution is 6.30. The van der Waals surface area contributed by atoms with Gasteiger partial charge in [-0.2, -0.15) is 10.1 Å². The van der Waals surface area contributed by atoms with Crippen LogP contribution in [0.25, 0.3) is 5.52 Å². The summed E-state index contributed by atoms with van der Waals surface area (Å²) in [5.41, 5.74) is 2.00. The zero-order valence-electron chi connectivity index (χ0n) is 18.0. The van der Waals surface area contributed by atoms with Crippen molar-refractivity contribution in [3.05, 3.63) is 74.8 Å². The Morgan fingerprint density at radius 1 is 1.22 bits per heavy atom. The summed E-state index contributed by atoms with van der Waals surface area (Å²) in [4.78, 5) is 22.0. The van der Waals surface area contributed by atoms with E-state index in [0.29, 0.717) is 34.6 Å². The van der Waals surface area contributed by atoms with Gasteiger partial charge in [-0.3, -0.25) is 9.36 Å². The van der Waals surface area contributed by atoms with Crippen LogP contribution in [0.3, 0.4) is 0 Å². The van der Waals surface area contributed by atoms with Crippen molar-refractivity contribution in [3.63, 3.8) is 0 Å². The summed E-state index contributed by atoms with van der Waals surface area (Å²) in [6.45, 7) is 6.51. The van der Waals surface area contributed by atoms with E-state index in [-0.39, 0.29) is 30.0 Å². The molecule has 4 aromatic rings. The lowest BCUT2D eigenvalue weighted by atomic mass is 10.0. The number of hydrogen-bond acceptors (Lipinski definition) is 7. The Kier molecular flexibility index (Phi) is 5.30. The molecule has 0 aliphatic carbocycles. The fourth-order valence-electron chi connectivity index (χ4n) is 4.05. The van der Waals surface area contributed by atoms with Crippen molar-refractivity contribution in [1.82, 2.24) is 29.3 Å². The predicted molar refractivity (Wildman–Crippen MR) is 117 cm³/mol. The van der Waals surface area contributed by atoms with Crippen LogP contribution in [0, 0.1) is 6.92 Å². The Bertz CT molecular complexity index is 1320. The van der Waals surface area contributed by atoms with E-state index in [2.05, 4.69) is 20.2 Å². The second-order valence-electron chi connectivity index (χ2n) is 8.39. The highest BCUT2D eigenvalue weighted by Crippen LogP contribution is 2.37. The van der Waals surface area contributed by atoms with Crippen molar-refractivity contribution in [2.45, 2.75) is 51.7 Å². The summed E-state index contributed by atoms with van der Waals surface area (Å²) in [5, 5.41) is 9.24. The summed E-state index contributed by atoms with van der Waals surface area (Å²) < 4.78 is 14.5. The van der Waals surface area contributed by atoms with Gasteiger partial charge in [0.1, 0.15) is 18.7 Å². The van der Waals surface area contributed by atoms with E-state index in [4.69, 9.17) is 20.9 Å². The van der Waals surface area contributed by atoms with Gasteiger partial charge in [0.2, 0.25) is 5.89 Å². The van der Waals surface area contributed by atoms with Crippen LogP contribution in [-0.4, -0.2) is 35.9 Å². The minimum atomic E-state index is -0.191. The zero-order valence-corrected chi connectivity index (χ0v) is 18.8. The van der Waals surface area contributed by atoms with Gasteiger partial charge in [0.25, 0.3) is 5.56 Å². The van der Waals surface area contributed by atoms with Crippen molar-refractivity contribution in [3.8, 4) is 0 Å². The van der Waals surface area contributed by atoms with Crippen LogP contribution in [0.1, 0.15) is 67.0 Å². The molecule has 2 atom stereocenters. The molecule has 1 aliphatic rings. The lowest BCUT2D eigenvalue weighted by Gasteiger charge is -2.09. The molecule has 3 aromatic heterocycles. The Hall–Kier alpha value is -3.04. The minimum absolute atomic E-state index is 0.0242. The molecule has 1 fully saturated rings. The molecule has 0 radical (unpaired) electrons. The van der Waals surface area contributed by atoms with Gasteiger partial charge < -0.3 is 9.26 Å². The number of rotatable bonds is 5. The Labute approximate surface area is 189 Å². The largest absolute Gasteiger partial charge is 0.373 e. The van der Waals surface area contributed by atoms with Gasteiger partial charge >= 0.3 is 0 Å². The summed E-state index contributed by atoms with van der Waals surface area (Å²) in [6, 6.07) is 7.65. The van der Waals surface area contributed by atoms with Crippen molar-refractivity contribution >= 4 is 17.1 Å². The van der Waals surface area contributed by atoms with Gasteiger partial charge in [-0.1, -0.05) is 42.7 Å². The van der Waals surface area contributed by atoms with Crippen molar-refractivity contribution in [2.24, 2.45) is 0 Å². The number of benzene rings is 1. The number of imidazole rings is 1. The van der Waals surface area contributed by atoms with E-state index in [9.17, 15) is 4.79 Å². The van der Waals surface area contributed by atoms with E-state index >= 15 is 0 Å². The molecule has 1 aromatic carbocycles. The van der Waals surface area contributed by atoms with Crippen LogP contribution in [0.4, 0.5) is 0 Å². The number of fused-ring (bicyclic) bond motifs is 1. The van der Waals surface area contributed by atoms with Crippen LogP contribution in [0.2, 0.25) is 5.02 Å². The van der Waals surface area contributed by atoms with Crippen molar-refractivity contribution in [1.29, 1.82) is 0 Å². The molecule has 4 heterocycles. The van der Waals surface area contributed by atoms with E-state index in [1.807, 2.05) is 45.0 Å². The maximum absolute atomic E-state index is 13.0. The van der Waals surface area contributed by atoms with Crippen LogP contribution in [-0.2, 0) is 11.3 Å². The molecule has 32 heavy (non-hydrogen) atoms. The number of aryl methyl sites for hydroxylation is 1. The van der Waals surface area contributed by atoms with Crippen LogP contribution in [0.5, 0.6) is 0 Å². The molecule has 5 rings (SSSR count). The van der Waals surface area contributed by atoms with Crippen molar-refractivity contribution in [2.75, 3.05) is 6.61 Å². The minimum Gasteiger partial charge on any atom is -0.373 e. The fraction of sp³-hybridized carbons (Fsp3) is 0.409. The Balaban J connectivity index is 1.34. The van der Waals surface area contributed by atoms with Crippen LogP contribution in [0.15, 0.2) is 39.9 Å². The average Bonchev–Trinajstić information content (AvgIpc) is 3.49. The monoisotopic (exact) mass is 454 g/mol. The standard InChI is InChI=1S/C22H23ClN6O3/c1-12(2)21-25-13(3)19-22(30)28(11-24-29(19)21)9-18-26-20(27-32-18)15-8-17(31-10-15)14-4-6-16(23)7-5-14/h4-7,11-12,15,17H,8-10H2,1-3H3/t15-,17+/m0/s1. The Morgan fingerprint density at radius 3 is 2.75 bits per heavy atom. The number of ether oxygens (including phenoxy) is 1. The quantitative estimate of drug-likeness (QED) is 0.453. The maximum atomic E-state index is 13.0. The molecule has 10 heteroatoms. The first-order valence-corrected chi connectivity index (χ1v) is 10.9. The lowest BCUT2D eigenvalue weighted by Crippen LogP contribution is -2.24. The highest BCUT2D eigenvalue weighted by Gasteiger charge is 2.31. The average molecular weight is 455 g/mol. The molecule has 0 N–H and O–H groups in total. The second-order valence-corrected chi connectivity index (χ2v) is 8.82. The molecule has 0 amide bonds.